The van der Waals surface area contributed by atoms with Crippen LogP contribution in [0.3, 0.4) is 0 Å². The quantitative estimate of drug-likeness (QED) is 0.709. The predicted molar refractivity (Wildman–Crippen MR) is 114 cm³/mol. The molecular formula is C23H29N3O5. The molecule has 0 unspecified atom stereocenters. The van der Waals surface area contributed by atoms with Crippen LogP contribution in [-0.2, 0) is 9.53 Å². The molecule has 8 heteroatoms. The van der Waals surface area contributed by atoms with Gasteiger partial charge < -0.3 is 14.6 Å². The van der Waals surface area contributed by atoms with Crippen LogP contribution in [0.25, 0.3) is 11.3 Å². The minimum absolute atomic E-state index is 0.00319. The second kappa shape index (κ2) is 8.99. The topological polar surface area (TPSA) is 112 Å². The second-order valence-electron chi connectivity index (χ2n) is 8.91. The van der Waals surface area contributed by atoms with Crippen LogP contribution < -0.4 is 4.74 Å². The van der Waals surface area contributed by atoms with Crippen molar-refractivity contribution in [3.63, 3.8) is 0 Å². The van der Waals surface area contributed by atoms with Gasteiger partial charge in [-0.15, -0.1) is 0 Å². The average Bonchev–Trinajstić information content (AvgIpc) is 2.68. The largest absolute Gasteiger partial charge is 0.476 e. The van der Waals surface area contributed by atoms with Crippen molar-refractivity contribution in [2.24, 2.45) is 5.92 Å². The summed E-state index contributed by atoms with van der Waals surface area (Å²) in [6.45, 7) is 9.04. The summed E-state index contributed by atoms with van der Waals surface area (Å²) in [4.78, 5) is 36.5. The van der Waals surface area contributed by atoms with Crippen molar-refractivity contribution in [2.75, 3.05) is 0 Å². The molecule has 2 aromatic heterocycles. The fourth-order valence-electron chi connectivity index (χ4n) is 3.67. The van der Waals surface area contributed by atoms with Gasteiger partial charge in [-0.25, -0.2) is 14.8 Å². The maximum atomic E-state index is 12.2. The minimum Gasteiger partial charge on any atom is -0.476 e. The first-order chi connectivity index (χ1) is 14.5. The Hall–Kier alpha value is -3.03. The minimum atomic E-state index is -1.11. The number of hydrogen-bond donors (Lipinski definition) is 1. The van der Waals surface area contributed by atoms with Crippen LogP contribution >= 0.6 is 0 Å². The highest BCUT2D eigenvalue weighted by Gasteiger charge is 2.30. The fourth-order valence-corrected chi connectivity index (χ4v) is 3.67. The third-order valence-corrected chi connectivity index (χ3v) is 5.16. The fraction of sp³-hybridized carbons (Fsp3) is 0.522. The summed E-state index contributed by atoms with van der Waals surface area (Å²) in [5.74, 6) is -0.841. The van der Waals surface area contributed by atoms with E-state index in [2.05, 4.69) is 15.0 Å². The van der Waals surface area contributed by atoms with Crippen LogP contribution in [0.4, 0.5) is 0 Å². The van der Waals surface area contributed by atoms with E-state index in [1.807, 2.05) is 20.8 Å². The summed E-state index contributed by atoms with van der Waals surface area (Å²) in [5.41, 5.74) is 1.64. The van der Waals surface area contributed by atoms with E-state index in [0.29, 0.717) is 28.5 Å². The number of nitrogens with zero attached hydrogens (tertiary/aromatic N) is 3. The Balaban J connectivity index is 1.62. The molecule has 2 aromatic rings. The SMILES string of the molecule is Cc1nc(C)c(-c2ccc(O[C@H]3CC[C@@H](C(=O)OC(C)(C)C)CC3)nc2)nc1C(=O)O. The van der Waals surface area contributed by atoms with Gasteiger partial charge in [0.1, 0.15) is 11.7 Å². The highest BCUT2D eigenvalue weighted by atomic mass is 16.6. The molecule has 8 nitrogen and oxygen atoms in total. The zero-order valence-electron chi connectivity index (χ0n) is 18.6. The van der Waals surface area contributed by atoms with Gasteiger partial charge in [0.2, 0.25) is 5.88 Å². The first-order valence-corrected chi connectivity index (χ1v) is 10.5. The molecule has 1 aliphatic carbocycles. The molecular weight excluding hydrogens is 398 g/mol. The van der Waals surface area contributed by atoms with Gasteiger partial charge in [0.15, 0.2) is 5.69 Å². The van der Waals surface area contributed by atoms with E-state index in [-0.39, 0.29) is 23.7 Å². The van der Waals surface area contributed by atoms with Crippen LogP contribution in [0.5, 0.6) is 5.88 Å². The van der Waals surface area contributed by atoms with Gasteiger partial charge in [0.25, 0.3) is 0 Å². The van der Waals surface area contributed by atoms with Crippen molar-refractivity contribution in [1.29, 1.82) is 0 Å². The highest BCUT2D eigenvalue weighted by molar-refractivity contribution is 5.87. The number of aryl methyl sites for hydroxylation is 2. The molecule has 0 aliphatic heterocycles. The first kappa shape index (κ1) is 22.7. The molecule has 0 amide bonds. The van der Waals surface area contributed by atoms with Crippen molar-refractivity contribution in [3.05, 3.63) is 35.4 Å². The molecule has 0 aromatic carbocycles. The monoisotopic (exact) mass is 427 g/mol. The Bertz CT molecular complexity index is 958. The Morgan fingerprint density at radius 1 is 1.03 bits per heavy atom. The lowest BCUT2D eigenvalue weighted by molar-refractivity contribution is -0.161. The number of esters is 1. The number of carbonyl (C=O) groups excluding carboxylic acids is 1. The molecule has 1 aliphatic rings. The smallest absolute Gasteiger partial charge is 0.356 e. The number of pyridine rings is 1. The zero-order chi connectivity index (χ0) is 22.8. The lowest BCUT2D eigenvalue weighted by Gasteiger charge is -2.29. The Labute approximate surface area is 182 Å². The van der Waals surface area contributed by atoms with Gasteiger partial charge in [-0.05, 0) is 66.4 Å². The number of carboxylic acids is 1. The highest BCUT2D eigenvalue weighted by Crippen LogP contribution is 2.30. The second-order valence-corrected chi connectivity index (χ2v) is 8.91. The molecule has 2 heterocycles. The Kier molecular flexibility index (Phi) is 6.57. The standard InChI is InChI=1S/C23H29N3O5/c1-13-19(26-20(21(27)28)14(2)25-13)16-8-11-18(24-12-16)30-17-9-6-15(7-10-17)22(29)31-23(3,4)5/h8,11-12,15,17H,6-7,9-10H2,1-5H3,(H,27,28)/t15-,17+. The van der Waals surface area contributed by atoms with Crippen LogP contribution in [0.15, 0.2) is 18.3 Å². The number of rotatable bonds is 5. The van der Waals surface area contributed by atoms with Gasteiger partial charge >= 0.3 is 11.9 Å². The van der Waals surface area contributed by atoms with Crippen LogP contribution in [-0.4, -0.2) is 43.7 Å². The maximum Gasteiger partial charge on any atom is 0.356 e. The summed E-state index contributed by atoms with van der Waals surface area (Å²) >= 11 is 0. The number of hydrogen-bond acceptors (Lipinski definition) is 7. The molecule has 0 saturated heterocycles. The Morgan fingerprint density at radius 2 is 1.71 bits per heavy atom. The molecule has 0 spiro atoms. The summed E-state index contributed by atoms with van der Waals surface area (Å²) in [6, 6.07) is 3.54. The van der Waals surface area contributed by atoms with E-state index in [4.69, 9.17) is 9.47 Å². The predicted octanol–water partition coefficient (Wildman–Crippen LogP) is 4.13. The Morgan fingerprint density at radius 3 is 2.26 bits per heavy atom. The number of ether oxygens (including phenoxy) is 2. The third-order valence-electron chi connectivity index (χ3n) is 5.16. The first-order valence-electron chi connectivity index (χ1n) is 10.5. The summed E-state index contributed by atoms with van der Waals surface area (Å²) < 4.78 is 11.5. The van der Waals surface area contributed by atoms with E-state index < -0.39 is 11.6 Å². The lowest BCUT2D eigenvalue weighted by Crippen LogP contribution is -2.33. The summed E-state index contributed by atoms with van der Waals surface area (Å²) in [6.07, 6.45) is 4.59. The molecule has 166 valence electrons. The average molecular weight is 428 g/mol. The van der Waals surface area contributed by atoms with Gasteiger partial charge in [0.05, 0.1) is 23.0 Å². The number of aromatic nitrogens is 3. The van der Waals surface area contributed by atoms with Gasteiger partial charge in [-0.3, -0.25) is 9.78 Å². The van der Waals surface area contributed by atoms with E-state index >= 15 is 0 Å². The van der Waals surface area contributed by atoms with E-state index in [1.165, 1.54) is 0 Å². The molecule has 31 heavy (non-hydrogen) atoms. The van der Waals surface area contributed by atoms with Gasteiger partial charge in [-0.1, -0.05) is 0 Å². The molecule has 3 rings (SSSR count). The number of carbonyl (C=O) groups is 2. The number of aromatic carboxylic acids is 1. The van der Waals surface area contributed by atoms with E-state index in [0.717, 1.165) is 25.7 Å². The maximum absolute atomic E-state index is 12.2. The van der Waals surface area contributed by atoms with Crippen molar-refractivity contribution in [3.8, 4) is 17.1 Å². The third kappa shape index (κ3) is 5.77. The van der Waals surface area contributed by atoms with E-state index in [1.54, 1.807) is 32.2 Å². The van der Waals surface area contributed by atoms with Gasteiger partial charge in [-0.2, -0.15) is 0 Å². The van der Waals surface area contributed by atoms with Gasteiger partial charge in [0, 0.05) is 17.8 Å². The molecule has 1 fully saturated rings. The molecule has 0 radical (unpaired) electrons. The molecule has 1 saturated carbocycles. The summed E-state index contributed by atoms with van der Waals surface area (Å²) in [5, 5.41) is 9.30. The number of carboxylic acid groups (broad SMARTS) is 1. The van der Waals surface area contributed by atoms with Crippen LogP contribution in [0.2, 0.25) is 0 Å². The molecule has 0 atom stereocenters. The molecule has 0 bridgehead atoms. The lowest BCUT2D eigenvalue weighted by atomic mass is 9.87. The van der Waals surface area contributed by atoms with Crippen molar-refractivity contribution in [1.82, 2.24) is 15.0 Å². The van der Waals surface area contributed by atoms with Crippen LogP contribution in [0.1, 0.15) is 68.3 Å². The van der Waals surface area contributed by atoms with Crippen molar-refractivity contribution >= 4 is 11.9 Å². The zero-order valence-corrected chi connectivity index (χ0v) is 18.6. The normalized spacial score (nSPS) is 19.0. The van der Waals surface area contributed by atoms with Crippen molar-refractivity contribution < 1.29 is 24.2 Å². The van der Waals surface area contributed by atoms with Crippen LogP contribution in [0, 0.1) is 19.8 Å². The summed E-state index contributed by atoms with van der Waals surface area (Å²) in [7, 11) is 0. The van der Waals surface area contributed by atoms with Crippen molar-refractivity contribution in [2.45, 2.75) is 72.0 Å². The molecule has 1 N–H and O–H groups in total. The van der Waals surface area contributed by atoms with E-state index in [9.17, 15) is 14.7 Å².